The van der Waals surface area contributed by atoms with Gasteiger partial charge in [-0.15, -0.1) is 11.3 Å². The van der Waals surface area contributed by atoms with Gasteiger partial charge in [-0.3, -0.25) is 0 Å². The number of hydrogen-bond donors (Lipinski definition) is 1. The SMILES string of the molecule is Clc1cc(Br)ccc1NCc1ccc(-c2ccccc2)s1. The molecule has 0 spiro atoms. The van der Waals surface area contributed by atoms with Gasteiger partial charge in [-0.1, -0.05) is 57.9 Å². The van der Waals surface area contributed by atoms with Gasteiger partial charge in [0.25, 0.3) is 0 Å². The van der Waals surface area contributed by atoms with Crippen molar-refractivity contribution in [3.8, 4) is 10.4 Å². The molecule has 0 bridgehead atoms. The summed E-state index contributed by atoms with van der Waals surface area (Å²) in [7, 11) is 0. The third-order valence-electron chi connectivity index (χ3n) is 3.10. The summed E-state index contributed by atoms with van der Waals surface area (Å²) in [6, 6.07) is 20.6. The van der Waals surface area contributed by atoms with Gasteiger partial charge in [-0.05, 0) is 35.9 Å². The third-order valence-corrected chi connectivity index (χ3v) is 5.04. The van der Waals surface area contributed by atoms with Gasteiger partial charge in [0.2, 0.25) is 0 Å². The van der Waals surface area contributed by atoms with Crippen molar-refractivity contribution in [1.82, 2.24) is 0 Å². The Labute approximate surface area is 141 Å². The summed E-state index contributed by atoms with van der Waals surface area (Å²) in [5.41, 5.74) is 2.21. The molecule has 0 aliphatic heterocycles. The molecule has 1 aromatic heterocycles. The standard InChI is InChI=1S/C17H13BrClNS/c18-13-6-8-16(15(19)10-13)20-11-14-7-9-17(21-14)12-4-2-1-3-5-12/h1-10,20H,11H2. The lowest BCUT2D eigenvalue weighted by atomic mass is 10.2. The summed E-state index contributed by atoms with van der Waals surface area (Å²) >= 11 is 11.4. The Morgan fingerprint density at radius 3 is 2.57 bits per heavy atom. The number of benzene rings is 2. The molecule has 0 atom stereocenters. The number of rotatable bonds is 4. The summed E-state index contributed by atoms with van der Waals surface area (Å²) in [5.74, 6) is 0. The molecule has 21 heavy (non-hydrogen) atoms. The monoisotopic (exact) mass is 377 g/mol. The zero-order valence-corrected chi connectivity index (χ0v) is 14.3. The summed E-state index contributed by atoms with van der Waals surface area (Å²) in [6.07, 6.45) is 0. The lowest BCUT2D eigenvalue weighted by Gasteiger charge is -2.07. The van der Waals surface area contributed by atoms with Gasteiger partial charge >= 0.3 is 0 Å². The second-order valence-electron chi connectivity index (χ2n) is 4.61. The van der Waals surface area contributed by atoms with Gasteiger partial charge in [0.15, 0.2) is 0 Å². The topological polar surface area (TPSA) is 12.0 Å². The van der Waals surface area contributed by atoms with Crippen molar-refractivity contribution in [2.75, 3.05) is 5.32 Å². The first kappa shape index (κ1) is 14.6. The average molecular weight is 379 g/mol. The van der Waals surface area contributed by atoms with Crippen molar-refractivity contribution in [2.45, 2.75) is 6.54 Å². The minimum absolute atomic E-state index is 0.726. The highest BCUT2D eigenvalue weighted by Crippen LogP contribution is 2.30. The molecule has 0 radical (unpaired) electrons. The lowest BCUT2D eigenvalue weighted by Crippen LogP contribution is -1.97. The van der Waals surface area contributed by atoms with E-state index in [0.29, 0.717) is 0 Å². The highest BCUT2D eigenvalue weighted by molar-refractivity contribution is 9.10. The Balaban J connectivity index is 1.70. The first-order chi connectivity index (χ1) is 10.2. The molecule has 4 heteroatoms. The second-order valence-corrected chi connectivity index (χ2v) is 7.10. The van der Waals surface area contributed by atoms with Crippen LogP contribution in [0.1, 0.15) is 4.88 Å². The van der Waals surface area contributed by atoms with Crippen LogP contribution in [0.15, 0.2) is 65.1 Å². The van der Waals surface area contributed by atoms with Crippen molar-refractivity contribution < 1.29 is 0 Å². The number of hydrogen-bond acceptors (Lipinski definition) is 2. The molecule has 106 valence electrons. The minimum atomic E-state index is 0.726. The van der Waals surface area contributed by atoms with Crippen molar-refractivity contribution in [2.24, 2.45) is 0 Å². The Hall–Kier alpha value is -1.29. The molecule has 3 rings (SSSR count). The number of thiophene rings is 1. The largest absolute Gasteiger partial charge is 0.379 e. The van der Waals surface area contributed by atoms with Crippen LogP contribution in [0.2, 0.25) is 5.02 Å². The van der Waals surface area contributed by atoms with Crippen molar-refractivity contribution >= 4 is 44.6 Å². The van der Waals surface area contributed by atoms with E-state index in [9.17, 15) is 0 Å². The molecule has 3 aromatic rings. The highest BCUT2D eigenvalue weighted by Gasteiger charge is 2.04. The van der Waals surface area contributed by atoms with Crippen LogP contribution < -0.4 is 5.32 Å². The van der Waals surface area contributed by atoms with Crippen molar-refractivity contribution in [3.05, 3.63) is 75.0 Å². The van der Waals surface area contributed by atoms with Crippen LogP contribution in [0.4, 0.5) is 5.69 Å². The quantitative estimate of drug-likeness (QED) is 0.550. The van der Waals surface area contributed by atoms with E-state index in [-0.39, 0.29) is 0 Å². The van der Waals surface area contributed by atoms with Gasteiger partial charge in [0.1, 0.15) is 0 Å². The fraction of sp³-hybridized carbons (Fsp3) is 0.0588. The van der Waals surface area contributed by atoms with Crippen LogP contribution >= 0.6 is 38.9 Å². The molecule has 0 amide bonds. The zero-order valence-electron chi connectivity index (χ0n) is 11.1. The molecular formula is C17H13BrClNS. The molecule has 0 saturated heterocycles. The van der Waals surface area contributed by atoms with E-state index < -0.39 is 0 Å². The number of anilines is 1. The summed E-state index contributed by atoms with van der Waals surface area (Å²) < 4.78 is 0.987. The van der Waals surface area contributed by atoms with E-state index in [0.717, 1.165) is 21.7 Å². The van der Waals surface area contributed by atoms with Crippen LogP contribution in [-0.4, -0.2) is 0 Å². The minimum Gasteiger partial charge on any atom is -0.379 e. The zero-order chi connectivity index (χ0) is 14.7. The predicted octanol–water partition coefficient (Wildman–Crippen LogP) is 6.44. The highest BCUT2D eigenvalue weighted by atomic mass is 79.9. The van der Waals surface area contributed by atoms with Crippen molar-refractivity contribution in [1.29, 1.82) is 0 Å². The second kappa shape index (κ2) is 6.65. The van der Waals surface area contributed by atoms with Gasteiger partial charge in [0.05, 0.1) is 10.7 Å². The van der Waals surface area contributed by atoms with E-state index >= 15 is 0 Å². The van der Waals surface area contributed by atoms with E-state index in [1.54, 1.807) is 11.3 Å². The molecule has 0 fully saturated rings. The van der Waals surface area contributed by atoms with Crippen molar-refractivity contribution in [3.63, 3.8) is 0 Å². The fourth-order valence-electron chi connectivity index (χ4n) is 2.05. The van der Waals surface area contributed by atoms with Gasteiger partial charge < -0.3 is 5.32 Å². The normalized spacial score (nSPS) is 10.6. The molecule has 0 unspecified atom stereocenters. The van der Waals surface area contributed by atoms with Gasteiger partial charge in [-0.25, -0.2) is 0 Å². The van der Waals surface area contributed by atoms with Gasteiger partial charge in [0, 0.05) is 20.8 Å². The smallest absolute Gasteiger partial charge is 0.0648 e. The van der Waals surface area contributed by atoms with E-state index in [1.165, 1.54) is 15.3 Å². The Kier molecular flexibility index (Phi) is 4.63. The van der Waals surface area contributed by atoms with Crippen LogP contribution in [-0.2, 0) is 6.54 Å². The summed E-state index contributed by atoms with van der Waals surface area (Å²) in [6.45, 7) is 0.777. The molecule has 2 aromatic carbocycles. The first-order valence-corrected chi connectivity index (χ1v) is 8.54. The summed E-state index contributed by atoms with van der Waals surface area (Å²) in [5, 5.41) is 4.10. The summed E-state index contributed by atoms with van der Waals surface area (Å²) in [4.78, 5) is 2.57. The Morgan fingerprint density at radius 1 is 1.00 bits per heavy atom. The molecular weight excluding hydrogens is 366 g/mol. The maximum atomic E-state index is 6.21. The van der Waals surface area contributed by atoms with Crippen LogP contribution in [0, 0.1) is 0 Å². The van der Waals surface area contributed by atoms with Crippen LogP contribution in [0.25, 0.3) is 10.4 Å². The van der Waals surface area contributed by atoms with Crippen LogP contribution in [0.5, 0.6) is 0 Å². The molecule has 0 aliphatic carbocycles. The maximum Gasteiger partial charge on any atom is 0.0648 e. The lowest BCUT2D eigenvalue weighted by molar-refractivity contribution is 1.19. The first-order valence-electron chi connectivity index (χ1n) is 6.55. The fourth-order valence-corrected chi connectivity index (χ4v) is 3.74. The molecule has 1 nitrogen and oxygen atoms in total. The Morgan fingerprint density at radius 2 is 1.81 bits per heavy atom. The molecule has 0 aliphatic rings. The van der Waals surface area contributed by atoms with E-state index in [4.69, 9.17) is 11.6 Å². The van der Waals surface area contributed by atoms with E-state index in [1.807, 2.05) is 24.3 Å². The van der Waals surface area contributed by atoms with Gasteiger partial charge in [-0.2, -0.15) is 0 Å². The Bertz CT molecular complexity index is 740. The number of halogens is 2. The maximum absolute atomic E-state index is 6.21. The predicted molar refractivity (Wildman–Crippen MR) is 96.2 cm³/mol. The third kappa shape index (κ3) is 3.67. The molecule has 0 saturated carbocycles. The van der Waals surface area contributed by atoms with E-state index in [2.05, 4.69) is 57.6 Å². The average Bonchev–Trinajstić information content (AvgIpc) is 2.96. The number of nitrogens with one attached hydrogen (secondary N) is 1. The molecule has 1 heterocycles. The molecule has 1 N–H and O–H groups in total. The van der Waals surface area contributed by atoms with Crippen LogP contribution in [0.3, 0.4) is 0 Å².